The highest BCUT2D eigenvalue weighted by Crippen LogP contribution is 2.29. The van der Waals surface area contributed by atoms with E-state index in [0.717, 1.165) is 24.1 Å². The first kappa shape index (κ1) is 20.4. The second-order valence-electron chi connectivity index (χ2n) is 7.87. The number of carbonyl (C=O) groups excluding carboxylic acids is 2. The van der Waals surface area contributed by atoms with Crippen molar-refractivity contribution in [2.24, 2.45) is 0 Å². The van der Waals surface area contributed by atoms with Crippen LogP contribution in [0.3, 0.4) is 0 Å². The molecule has 2 aliphatic rings. The second-order valence-corrected chi connectivity index (χ2v) is 7.87. The summed E-state index contributed by atoms with van der Waals surface area (Å²) in [4.78, 5) is 33.5. The first-order valence-electron chi connectivity index (χ1n) is 10.5. The fourth-order valence-electron chi connectivity index (χ4n) is 3.94. The van der Waals surface area contributed by atoms with Gasteiger partial charge in [0.25, 0.3) is 5.91 Å². The van der Waals surface area contributed by atoms with E-state index < -0.39 is 0 Å². The summed E-state index contributed by atoms with van der Waals surface area (Å²) < 4.78 is 11.2. The van der Waals surface area contributed by atoms with Gasteiger partial charge in [-0.1, -0.05) is 18.2 Å². The molecule has 2 saturated heterocycles. The summed E-state index contributed by atoms with van der Waals surface area (Å²) in [7, 11) is 0. The molecule has 30 heavy (non-hydrogen) atoms. The fourth-order valence-corrected chi connectivity index (χ4v) is 3.94. The minimum absolute atomic E-state index is 0.0884. The lowest BCUT2D eigenvalue weighted by atomic mass is 9.97. The lowest BCUT2D eigenvalue weighted by Crippen LogP contribution is -2.41. The van der Waals surface area contributed by atoms with Gasteiger partial charge in [0, 0.05) is 37.8 Å². The number of oxazole rings is 1. The summed E-state index contributed by atoms with van der Waals surface area (Å²) >= 11 is 0. The van der Waals surface area contributed by atoms with Crippen LogP contribution in [0.2, 0.25) is 0 Å². The number of amides is 3. The van der Waals surface area contributed by atoms with Gasteiger partial charge in [0.2, 0.25) is 0 Å². The zero-order valence-corrected chi connectivity index (χ0v) is 17.5. The minimum Gasteiger partial charge on any atom is -0.445 e. The van der Waals surface area contributed by atoms with Crippen LogP contribution in [0.4, 0.5) is 10.5 Å². The first-order chi connectivity index (χ1) is 14.5. The van der Waals surface area contributed by atoms with Crippen LogP contribution in [-0.4, -0.2) is 66.1 Å². The van der Waals surface area contributed by atoms with E-state index in [0.29, 0.717) is 56.7 Å². The zero-order chi connectivity index (χ0) is 21.1. The number of urea groups is 1. The Kier molecular flexibility index (Phi) is 6.03. The number of anilines is 1. The van der Waals surface area contributed by atoms with Gasteiger partial charge >= 0.3 is 6.03 Å². The Balaban J connectivity index is 1.35. The summed E-state index contributed by atoms with van der Waals surface area (Å²) in [5.41, 5.74) is 2.26. The highest BCUT2D eigenvalue weighted by Gasteiger charge is 2.30. The molecular formula is C22H28N4O4. The van der Waals surface area contributed by atoms with Gasteiger partial charge in [-0.25, -0.2) is 9.78 Å². The van der Waals surface area contributed by atoms with Crippen LogP contribution in [0.5, 0.6) is 0 Å². The predicted molar refractivity (Wildman–Crippen MR) is 112 cm³/mol. The summed E-state index contributed by atoms with van der Waals surface area (Å²) in [6, 6.07) is 7.66. The van der Waals surface area contributed by atoms with E-state index in [9.17, 15) is 9.59 Å². The molecule has 8 nitrogen and oxygen atoms in total. The standard InChI is InChI=1S/C22H28N4O4/c1-15-5-3-4-6-18(15)23-22(28)26-9-7-17(8-10-26)20-24-19(16(2)30-20)21(27)25-11-13-29-14-12-25/h3-6,17H,7-14H2,1-2H3,(H,23,28). The molecule has 0 unspecified atom stereocenters. The maximum Gasteiger partial charge on any atom is 0.321 e. The number of aromatic nitrogens is 1. The maximum atomic E-state index is 12.7. The average molecular weight is 412 g/mol. The van der Waals surface area contributed by atoms with E-state index in [2.05, 4.69) is 10.3 Å². The van der Waals surface area contributed by atoms with Crippen molar-refractivity contribution in [3.63, 3.8) is 0 Å². The third kappa shape index (κ3) is 4.33. The lowest BCUT2D eigenvalue weighted by Gasteiger charge is -2.30. The highest BCUT2D eigenvalue weighted by atomic mass is 16.5. The summed E-state index contributed by atoms with van der Waals surface area (Å²) in [6.07, 6.45) is 1.51. The van der Waals surface area contributed by atoms with Crippen LogP contribution in [-0.2, 0) is 4.74 Å². The monoisotopic (exact) mass is 412 g/mol. The first-order valence-corrected chi connectivity index (χ1v) is 10.5. The smallest absolute Gasteiger partial charge is 0.321 e. The molecule has 3 amide bonds. The Morgan fingerprint density at radius 2 is 1.73 bits per heavy atom. The van der Waals surface area contributed by atoms with Crippen LogP contribution < -0.4 is 5.32 Å². The van der Waals surface area contributed by atoms with Gasteiger partial charge in [0.15, 0.2) is 11.6 Å². The molecule has 2 aliphatic heterocycles. The van der Waals surface area contributed by atoms with E-state index in [-0.39, 0.29) is 17.9 Å². The number of hydrogen-bond acceptors (Lipinski definition) is 5. The SMILES string of the molecule is Cc1ccccc1NC(=O)N1CCC(c2nc(C(=O)N3CCOCC3)c(C)o2)CC1. The van der Waals surface area contributed by atoms with Crippen molar-refractivity contribution in [2.45, 2.75) is 32.6 Å². The predicted octanol–water partition coefficient (Wildman–Crippen LogP) is 3.18. The van der Waals surface area contributed by atoms with Gasteiger partial charge in [-0.2, -0.15) is 0 Å². The molecular weight excluding hydrogens is 384 g/mol. The normalized spacial score (nSPS) is 17.8. The molecule has 160 valence electrons. The molecule has 0 saturated carbocycles. The number of nitrogens with zero attached hydrogens (tertiary/aromatic N) is 3. The van der Waals surface area contributed by atoms with Crippen molar-refractivity contribution in [3.05, 3.63) is 47.2 Å². The number of rotatable bonds is 3. The van der Waals surface area contributed by atoms with Gasteiger partial charge in [-0.15, -0.1) is 0 Å². The molecule has 0 aliphatic carbocycles. The third-order valence-electron chi connectivity index (χ3n) is 5.83. The van der Waals surface area contributed by atoms with Gasteiger partial charge in [-0.3, -0.25) is 4.79 Å². The molecule has 8 heteroatoms. The summed E-state index contributed by atoms with van der Waals surface area (Å²) in [5, 5.41) is 2.99. The number of aryl methyl sites for hydroxylation is 2. The zero-order valence-electron chi connectivity index (χ0n) is 17.5. The third-order valence-corrected chi connectivity index (χ3v) is 5.83. The molecule has 0 radical (unpaired) electrons. The molecule has 1 aromatic carbocycles. The molecule has 4 rings (SSSR count). The Hall–Kier alpha value is -2.87. The number of benzene rings is 1. The highest BCUT2D eigenvalue weighted by molar-refractivity contribution is 5.93. The van der Waals surface area contributed by atoms with Gasteiger partial charge in [0.05, 0.1) is 13.2 Å². The molecule has 1 N–H and O–H groups in total. The Morgan fingerprint density at radius 3 is 2.43 bits per heavy atom. The van der Waals surface area contributed by atoms with Crippen LogP contribution in [0, 0.1) is 13.8 Å². The quantitative estimate of drug-likeness (QED) is 0.837. The Labute approximate surface area is 176 Å². The number of ether oxygens (including phenoxy) is 1. The minimum atomic E-state index is -0.0964. The number of nitrogens with one attached hydrogen (secondary N) is 1. The van der Waals surface area contributed by atoms with Crippen molar-refractivity contribution in [1.29, 1.82) is 0 Å². The van der Waals surface area contributed by atoms with Crippen molar-refractivity contribution in [2.75, 3.05) is 44.7 Å². The number of hydrogen-bond donors (Lipinski definition) is 1. The Morgan fingerprint density at radius 1 is 1.03 bits per heavy atom. The number of piperidine rings is 1. The second kappa shape index (κ2) is 8.87. The molecule has 0 spiro atoms. The van der Waals surface area contributed by atoms with Gasteiger partial charge in [-0.05, 0) is 38.3 Å². The van der Waals surface area contributed by atoms with Crippen LogP contribution >= 0.6 is 0 Å². The maximum absolute atomic E-state index is 12.7. The molecule has 2 aromatic rings. The molecule has 1 aromatic heterocycles. The summed E-state index contributed by atoms with van der Waals surface area (Å²) in [5.74, 6) is 1.17. The van der Waals surface area contributed by atoms with E-state index in [4.69, 9.17) is 9.15 Å². The number of likely N-dealkylation sites (tertiary alicyclic amines) is 1. The van der Waals surface area contributed by atoms with Crippen LogP contribution in [0.25, 0.3) is 0 Å². The van der Waals surface area contributed by atoms with E-state index in [1.165, 1.54) is 0 Å². The lowest BCUT2D eigenvalue weighted by molar-refractivity contribution is 0.0298. The number of para-hydroxylation sites is 1. The van der Waals surface area contributed by atoms with Gasteiger partial charge < -0.3 is 24.3 Å². The van der Waals surface area contributed by atoms with E-state index >= 15 is 0 Å². The number of morpholine rings is 1. The van der Waals surface area contributed by atoms with Crippen molar-refractivity contribution in [3.8, 4) is 0 Å². The van der Waals surface area contributed by atoms with E-state index in [1.807, 2.05) is 36.1 Å². The van der Waals surface area contributed by atoms with Crippen molar-refractivity contribution in [1.82, 2.24) is 14.8 Å². The topological polar surface area (TPSA) is 87.9 Å². The van der Waals surface area contributed by atoms with Crippen molar-refractivity contribution >= 4 is 17.6 Å². The molecule has 3 heterocycles. The molecule has 0 atom stereocenters. The average Bonchev–Trinajstić information content (AvgIpc) is 3.17. The Bertz CT molecular complexity index is 912. The van der Waals surface area contributed by atoms with Crippen LogP contribution in [0.15, 0.2) is 28.7 Å². The summed E-state index contributed by atoms with van der Waals surface area (Å²) in [6.45, 7) is 7.27. The number of carbonyl (C=O) groups is 2. The van der Waals surface area contributed by atoms with E-state index in [1.54, 1.807) is 11.8 Å². The molecule has 2 fully saturated rings. The van der Waals surface area contributed by atoms with Crippen molar-refractivity contribution < 1.29 is 18.7 Å². The van der Waals surface area contributed by atoms with Gasteiger partial charge in [0.1, 0.15) is 5.76 Å². The molecule has 0 bridgehead atoms. The fraction of sp³-hybridized carbons (Fsp3) is 0.500. The largest absolute Gasteiger partial charge is 0.445 e. The van der Waals surface area contributed by atoms with Crippen LogP contribution in [0.1, 0.15) is 46.5 Å².